The molecule has 3 fully saturated rings. The molecule has 0 unspecified atom stereocenters. The van der Waals surface area contributed by atoms with Gasteiger partial charge in [0.2, 0.25) is 5.91 Å². The van der Waals surface area contributed by atoms with Crippen molar-refractivity contribution < 1.29 is 41.0 Å². The summed E-state index contributed by atoms with van der Waals surface area (Å²) >= 11 is 0. The summed E-state index contributed by atoms with van der Waals surface area (Å²) in [5, 5.41) is 16.2. The van der Waals surface area contributed by atoms with Crippen LogP contribution in [0.2, 0.25) is 0 Å². The topological polar surface area (TPSA) is 89.3 Å². The highest BCUT2D eigenvalue weighted by Gasteiger charge is 2.88. The van der Waals surface area contributed by atoms with Gasteiger partial charge in [-0.05, 0) is 18.6 Å². The summed E-state index contributed by atoms with van der Waals surface area (Å²) in [5.41, 5.74) is -5.48. The van der Waals surface area contributed by atoms with E-state index in [-0.39, 0.29) is 24.2 Å². The number of hydrogen-bond donors (Lipinski definition) is 2. The fourth-order valence-corrected chi connectivity index (χ4v) is 5.42. The molecule has 2 aromatic rings. The summed E-state index contributed by atoms with van der Waals surface area (Å²) in [6, 6.07) is 1.38. The molecule has 5 rings (SSSR count). The lowest BCUT2D eigenvalue weighted by atomic mass is 9.73. The van der Waals surface area contributed by atoms with E-state index in [9.17, 15) is 36.2 Å². The maximum atomic E-state index is 13.7. The number of fused-ring (bicyclic) bond motifs is 5. The fourth-order valence-electron chi connectivity index (χ4n) is 5.42. The molecule has 4 heterocycles. The highest BCUT2D eigenvalue weighted by molar-refractivity contribution is 6.00. The Balaban J connectivity index is 1.55. The number of pyridine rings is 1. The van der Waals surface area contributed by atoms with Crippen molar-refractivity contribution in [3.63, 3.8) is 0 Å². The predicted molar refractivity (Wildman–Crippen MR) is 94.1 cm³/mol. The summed E-state index contributed by atoms with van der Waals surface area (Å²) in [5.74, 6) is -1.19. The van der Waals surface area contributed by atoms with Gasteiger partial charge in [-0.3, -0.25) is 9.48 Å². The second-order valence-corrected chi connectivity index (χ2v) is 8.41. The molecule has 3 aliphatic rings. The zero-order valence-electron chi connectivity index (χ0n) is 16.3. The average Bonchev–Trinajstić information content (AvgIpc) is 2.91. The molecule has 172 valence electrons. The highest BCUT2D eigenvalue weighted by atomic mass is 19.4. The number of nitrogens with one attached hydrogen (secondary N) is 1. The number of aliphatic hydroxyl groups is 1. The SMILES string of the molecule is Cn1cc([C@@]23C[C@]2(C(=O)Nc2cc(C(F)(F)F)ccn2)[C@H]2C[C@H](O)[C@@H]3O2)c(C(F)(F)F)n1. The van der Waals surface area contributed by atoms with Crippen LogP contribution in [0.25, 0.3) is 0 Å². The number of rotatable bonds is 3. The lowest BCUT2D eigenvalue weighted by Crippen LogP contribution is -2.45. The number of alkyl halides is 6. The van der Waals surface area contributed by atoms with Crippen LogP contribution in [0.1, 0.15) is 29.7 Å². The minimum absolute atomic E-state index is 0.0253. The van der Waals surface area contributed by atoms with Crippen molar-refractivity contribution in [3.05, 3.63) is 41.3 Å². The van der Waals surface area contributed by atoms with Crippen LogP contribution in [0.4, 0.5) is 32.2 Å². The Hall–Kier alpha value is -2.67. The Morgan fingerprint density at radius 3 is 2.66 bits per heavy atom. The number of amides is 1. The second kappa shape index (κ2) is 6.22. The van der Waals surface area contributed by atoms with E-state index in [4.69, 9.17) is 4.74 Å². The van der Waals surface area contributed by atoms with Crippen LogP contribution in [0.5, 0.6) is 0 Å². The summed E-state index contributed by atoms with van der Waals surface area (Å²) < 4.78 is 86.7. The van der Waals surface area contributed by atoms with Gasteiger partial charge in [0.1, 0.15) is 5.82 Å². The number of halogens is 6. The van der Waals surface area contributed by atoms with E-state index >= 15 is 0 Å². The molecule has 2 saturated heterocycles. The van der Waals surface area contributed by atoms with Gasteiger partial charge in [-0.1, -0.05) is 0 Å². The third-order valence-electron chi connectivity index (χ3n) is 6.69. The van der Waals surface area contributed by atoms with Crippen molar-refractivity contribution >= 4 is 11.7 Å². The van der Waals surface area contributed by atoms with Gasteiger partial charge in [-0.25, -0.2) is 4.98 Å². The molecule has 7 nitrogen and oxygen atoms in total. The Kier molecular flexibility index (Phi) is 4.12. The molecule has 1 saturated carbocycles. The third kappa shape index (κ3) is 2.66. The quantitative estimate of drug-likeness (QED) is 0.685. The number of hydrogen-bond acceptors (Lipinski definition) is 5. The third-order valence-corrected chi connectivity index (χ3v) is 6.69. The monoisotopic (exact) mass is 462 g/mol. The number of carbonyl (C=O) groups excluding carboxylic acids is 1. The van der Waals surface area contributed by atoms with Gasteiger partial charge in [0.15, 0.2) is 5.69 Å². The van der Waals surface area contributed by atoms with Crippen molar-refractivity contribution in [2.45, 2.75) is 48.9 Å². The van der Waals surface area contributed by atoms with Gasteiger partial charge in [0, 0.05) is 36.8 Å². The summed E-state index contributed by atoms with van der Waals surface area (Å²) in [7, 11) is 1.30. The molecular weight excluding hydrogens is 446 g/mol. The summed E-state index contributed by atoms with van der Waals surface area (Å²) in [4.78, 5) is 17.0. The van der Waals surface area contributed by atoms with Crippen LogP contribution in [0, 0.1) is 5.41 Å². The number of nitrogens with zero attached hydrogens (tertiary/aromatic N) is 3. The molecule has 0 aromatic carbocycles. The largest absolute Gasteiger partial charge is 0.435 e. The number of carbonyl (C=O) groups is 1. The zero-order valence-corrected chi connectivity index (χ0v) is 16.3. The van der Waals surface area contributed by atoms with E-state index in [2.05, 4.69) is 15.4 Å². The Morgan fingerprint density at radius 2 is 2.00 bits per heavy atom. The van der Waals surface area contributed by atoms with Crippen molar-refractivity contribution in [2.75, 3.05) is 5.32 Å². The van der Waals surface area contributed by atoms with E-state index in [1.807, 2.05) is 0 Å². The molecular formula is C19H16F6N4O3. The number of aliphatic hydroxyl groups excluding tert-OH is 1. The highest BCUT2D eigenvalue weighted by Crippen LogP contribution is 2.78. The average molecular weight is 462 g/mol. The molecule has 2 bridgehead atoms. The molecule has 2 N–H and O–H groups in total. The summed E-state index contributed by atoms with van der Waals surface area (Å²) in [6.45, 7) is 0. The molecule has 1 aliphatic carbocycles. The van der Waals surface area contributed by atoms with Crippen molar-refractivity contribution in [2.24, 2.45) is 12.5 Å². The normalized spacial score (nSPS) is 33.3. The van der Waals surface area contributed by atoms with E-state index in [1.54, 1.807) is 0 Å². The molecule has 5 atom stereocenters. The lowest BCUT2D eigenvalue weighted by Gasteiger charge is -2.29. The van der Waals surface area contributed by atoms with Gasteiger partial charge < -0.3 is 15.2 Å². The second-order valence-electron chi connectivity index (χ2n) is 8.41. The lowest BCUT2D eigenvalue weighted by molar-refractivity contribution is -0.143. The number of aryl methyl sites for hydroxylation is 1. The van der Waals surface area contributed by atoms with Gasteiger partial charge >= 0.3 is 12.4 Å². The first-order valence-electron chi connectivity index (χ1n) is 9.60. The van der Waals surface area contributed by atoms with Crippen LogP contribution in [-0.2, 0) is 34.3 Å². The minimum Gasteiger partial charge on any atom is -0.390 e. The first-order valence-corrected chi connectivity index (χ1v) is 9.60. The van der Waals surface area contributed by atoms with Crippen molar-refractivity contribution in [1.29, 1.82) is 0 Å². The van der Waals surface area contributed by atoms with Gasteiger partial charge in [0.05, 0.1) is 29.3 Å². The minimum atomic E-state index is -4.81. The molecule has 0 radical (unpaired) electrons. The molecule has 1 amide bonds. The van der Waals surface area contributed by atoms with Crippen LogP contribution >= 0.6 is 0 Å². The molecule has 0 spiro atoms. The van der Waals surface area contributed by atoms with Gasteiger partial charge in [-0.15, -0.1) is 0 Å². The fraction of sp³-hybridized carbons (Fsp3) is 0.526. The van der Waals surface area contributed by atoms with E-state index < -0.39 is 58.7 Å². The zero-order chi connectivity index (χ0) is 23.3. The predicted octanol–water partition coefficient (Wildman–Crippen LogP) is 2.65. The molecule has 32 heavy (non-hydrogen) atoms. The van der Waals surface area contributed by atoms with Crippen LogP contribution in [0.15, 0.2) is 24.5 Å². The van der Waals surface area contributed by atoms with Gasteiger partial charge in [0.25, 0.3) is 0 Å². The smallest absolute Gasteiger partial charge is 0.390 e. The first kappa shape index (κ1) is 21.2. The number of anilines is 1. The van der Waals surface area contributed by atoms with Crippen molar-refractivity contribution in [1.82, 2.24) is 14.8 Å². The van der Waals surface area contributed by atoms with Crippen molar-refractivity contribution in [3.8, 4) is 0 Å². The van der Waals surface area contributed by atoms with Gasteiger partial charge in [-0.2, -0.15) is 31.4 Å². The first-order chi connectivity index (χ1) is 14.8. The molecule has 13 heteroatoms. The maximum absolute atomic E-state index is 13.7. The standard InChI is InChI=1S/C19H16F6N4O3/c1-29-6-9(13(28-29)19(23,24)25)16-7-17(16,11-5-10(30)14(16)32-11)15(31)27-12-4-8(2-3-26-12)18(20,21)22/h2-4,6,10-11,14,30H,5,7H2,1H3,(H,26,27,31)/t10-,11+,14-,16+,17+/m0/s1. The van der Waals surface area contributed by atoms with Crippen LogP contribution < -0.4 is 5.32 Å². The van der Waals surface area contributed by atoms with E-state index in [0.717, 1.165) is 23.1 Å². The molecule has 2 aromatic heterocycles. The van der Waals surface area contributed by atoms with E-state index in [1.165, 1.54) is 7.05 Å². The molecule has 2 aliphatic heterocycles. The van der Waals surface area contributed by atoms with Crippen LogP contribution in [0.3, 0.4) is 0 Å². The Morgan fingerprint density at radius 1 is 1.28 bits per heavy atom. The Bertz CT molecular complexity index is 1120. The summed E-state index contributed by atoms with van der Waals surface area (Å²) in [6.07, 6.45) is -10.5. The maximum Gasteiger partial charge on any atom is 0.435 e. The number of ether oxygens (including phenoxy) is 1. The van der Waals surface area contributed by atoms with E-state index in [0.29, 0.717) is 6.07 Å². The Labute approximate surface area is 176 Å². The number of aromatic nitrogens is 3. The van der Waals surface area contributed by atoms with Crippen LogP contribution in [-0.4, -0.2) is 44.1 Å².